The summed E-state index contributed by atoms with van der Waals surface area (Å²) in [6.45, 7) is 0. The molecule has 0 spiro atoms. The lowest BCUT2D eigenvalue weighted by Crippen LogP contribution is -2.05. The highest BCUT2D eigenvalue weighted by Crippen LogP contribution is 2.38. The van der Waals surface area contributed by atoms with Crippen LogP contribution in [0.15, 0.2) is 48.7 Å². The second-order valence-electron chi connectivity index (χ2n) is 4.54. The van der Waals surface area contributed by atoms with E-state index in [9.17, 15) is 18.3 Å². The standard InChI is InChI=1S/C15H10F3NO/c16-15(17,18)9-5-6-13(19-8-9)12-7-14(20)11-4-2-1-3-10(11)12/h1-8,14,20H. The molecule has 1 aromatic carbocycles. The minimum atomic E-state index is -4.40. The van der Waals surface area contributed by atoms with E-state index < -0.39 is 17.8 Å². The van der Waals surface area contributed by atoms with Gasteiger partial charge < -0.3 is 5.11 Å². The molecule has 2 aromatic rings. The molecule has 1 heterocycles. The Morgan fingerprint density at radius 2 is 1.80 bits per heavy atom. The van der Waals surface area contributed by atoms with Crippen molar-refractivity contribution in [3.8, 4) is 0 Å². The molecule has 0 fully saturated rings. The summed E-state index contributed by atoms with van der Waals surface area (Å²) in [4.78, 5) is 3.86. The number of fused-ring (bicyclic) bond motifs is 1. The fourth-order valence-corrected chi connectivity index (χ4v) is 2.28. The smallest absolute Gasteiger partial charge is 0.384 e. The second kappa shape index (κ2) is 4.45. The summed E-state index contributed by atoms with van der Waals surface area (Å²) in [5.74, 6) is 0. The van der Waals surface area contributed by atoms with Crippen LogP contribution in [-0.2, 0) is 6.18 Å². The van der Waals surface area contributed by atoms with E-state index in [4.69, 9.17) is 0 Å². The summed E-state index contributed by atoms with van der Waals surface area (Å²) < 4.78 is 37.5. The van der Waals surface area contributed by atoms with E-state index in [0.29, 0.717) is 11.3 Å². The van der Waals surface area contributed by atoms with E-state index in [0.717, 1.165) is 23.4 Å². The van der Waals surface area contributed by atoms with E-state index in [1.165, 1.54) is 6.07 Å². The molecule has 5 heteroatoms. The van der Waals surface area contributed by atoms with Gasteiger partial charge in [0.1, 0.15) is 0 Å². The van der Waals surface area contributed by atoms with Crippen LogP contribution in [0.4, 0.5) is 13.2 Å². The highest BCUT2D eigenvalue weighted by molar-refractivity contribution is 5.83. The Morgan fingerprint density at radius 3 is 2.45 bits per heavy atom. The lowest BCUT2D eigenvalue weighted by molar-refractivity contribution is -0.137. The normalized spacial score (nSPS) is 17.8. The Balaban J connectivity index is 2.01. The number of aliphatic hydroxyl groups is 1. The number of benzene rings is 1. The third-order valence-electron chi connectivity index (χ3n) is 3.26. The first kappa shape index (κ1) is 12.9. The zero-order valence-corrected chi connectivity index (χ0v) is 10.2. The molecule has 0 aliphatic heterocycles. The number of rotatable bonds is 1. The van der Waals surface area contributed by atoms with Crippen molar-refractivity contribution in [2.75, 3.05) is 0 Å². The summed E-state index contributed by atoms with van der Waals surface area (Å²) in [5.41, 5.74) is 1.83. The Bertz CT molecular complexity index is 674. The molecule has 3 rings (SSSR count). The molecule has 0 saturated carbocycles. The van der Waals surface area contributed by atoms with Crippen LogP contribution < -0.4 is 0 Å². The van der Waals surface area contributed by atoms with Crippen LogP contribution in [0.3, 0.4) is 0 Å². The molecule has 1 unspecified atom stereocenters. The molecule has 2 nitrogen and oxygen atoms in total. The maximum Gasteiger partial charge on any atom is 0.417 e. The predicted octanol–water partition coefficient (Wildman–Crippen LogP) is 3.58. The van der Waals surface area contributed by atoms with Gasteiger partial charge in [-0.2, -0.15) is 13.2 Å². The third-order valence-corrected chi connectivity index (χ3v) is 3.26. The zero-order valence-electron chi connectivity index (χ0n) is 10.2. The van der Waals surface area contributed by atoms with Gasteiger partial charge in [0.05, 0.1) is 17.4 Å². The zero-order chi connectivity index (χ0) is 14.3. The van der Waals surface area contributed by atoms with Crippen molar-refractivity contribution in [2.24, 2.45) is 0 Å². The van der Waals surface area contributed by atoms with Gasteiger partial charge in [0, 0.05) is 11.8 Å². The summed E-state index contributed by atoms with van der Waals surface area (Å²) in [6, 6.07) is 9.54. The van der Waals surface area contributed by atoms with Gasteiger partial charge in [-0.15, -0.1) is 0 Å². The van der Waals surface area contributed by atoms with Gasteiger partial charge in [-0.05, 0) is 29.3 Å². The first-order chi connectivity index (χ1) is 9.47. The second-order valence-corrected chi connectivity index (χ2v) is 4.54. The third kappa shape index (κ3) is 2.10. The monoisotopic (exact) mass is 277 g/mol. The maximum absolute atomic E-state index is 12.5. The molecule has 1 aromatic heterocycles. The quantitative estimate of drug-likeness (QED) is 0.864. The Morgan fingerprint density at radius 1 is 1.05 bits per heavy atom. The van der Waals surface area contributed by atoms with E-state index in [-0.39, 0.29) is 0 Å². The number of alkyl halides is 3. The summed E-state index contributed by atoms with van der Waals surface area (Å²) in [7, 11) is 0. The van der Waals surface area contributed by atoms with Gasteiger partial charge in [-0.25, -0.2) is 0 Å². The Labute approximate surface area is 113 Å². The Hall–Kier alpha value is -2.14. The Kier molecular flexibility index (Phi) is 2.87. The maximum atomic E-state index is 12.5. The molecule has 20 heavy (non-hydrogen) atoms. The van der Waals surface area contributed by atoms with E-state index in [1.807, 2.05) is 12.1 Å². The van der Waals surface area contributed by atoms with Crippen molar-refractivity contribution >= 4 is 5.57 Å². The van der Waals surface area contributed by atoms with Crippen molar-refractivity contribution in [1.82, 2.24) is 4.98 Å². The average molecular weight is 277 g/mol. The minimum Gasteiger partial charge on any atom is -0.384 e. The van der Waals surface area contributed by atoms with Gasteiger partial charge in [0.15, 0.2) is 0 Å². The predicted molar refractivity (Wildman–Crippen MR) is 67.7 cm³/mol. The number of aromatic nitrogens is 1. The number of hydrogen-bond donors (Lipinski definition) is 1. The number of hydrogen-bond acceptors (Lipinski definition) is 2. The average Bonchev–Trinajstić information content (AvgIpc) is 2.76. The molecule has 0 radical (unpaired) electrons. The van der Waals surface area contributed by atoms with Crippen LogP contribution in [0.1, 0.15) is 28.5 Å². The van der Waals surface area contributed by atoms with Crippen molar-refractivity contribution in [3.05, 3.63) is 71.1 Å². The molecule has 0 saturated heterocycles. The summed E-state index contributed by atoms with van der Waals surface area (Å²) in [6.07, 6.45) is -2.73. The van der Waals surface area contributed by atoms with Gasteiger partial charge >= 0.3 is 6.18 Å². The molecular formula is C15H10F3NO. The minimum absolute atomic E-state index is 0.419. The molecule has 0 bridgehead atoms. The van der Waals surface area contributed by atoms with Crippen LogP contribution in [0, 0.1) is 0 Å². The van der Waals surface area contributed by atoms with E-state index in [1.54, 1.807) is 18.2 Å². The first-order valence-corrected chi connectivity index (χ1v) is 5.99. The number of halogens is 3. The fourth-order valence-electron chi connectivity index (χ4n) is 2.28. The van der Waals surface area contributed by atoms with Crippen molar-refractivity contribution in [2.45, 2.75) is 12.3 Å². The molecule has 102 valence electrons. The topological polar surface area (TPSA) is 33.1 Å². The van der Waals surface area contributed by atoms with Crippen LogP contribution in [0.25, 0.3) is 5.57 Å². The highest BCUT2D eigenvalue weighted by atomic mass is 19.4. The van der Waals surface area contributed by atoms with Crippen LogP contribution in [0.5, 0.6) is 0 Å². The van der Waals surface area contributed by atoms with Crippen molar-refractivity contribution < 1.29 is 18.3 Å². The molecule has 1 aliphatic rings. The lowest BCUT2D eigenvalue weighted by atomic mass is 10.0. The first-order valence-electron chi connectivity index (χ1n) is 5.99. The number of nitrogens with zero attached hydrogens (tertiary/aromatic N) is 1. The number of pyridine rings is 1. The van der Waals surface area contributed by atoms with E-state index in [2.05, 4.69) is 4.98 Å². The van der Waals surface area contributed by atoms with Crippen LogP contribution >= 0.6 is 0 Å². The largest absolute Gasteiger partial charge is 0.417 e. The summed E-state index contributed by atoms with van der Waals surface area (Å²) in [5, 5.41) is 9.91. The highest BCUT2D eigenvalue weighted by Gasteiger charge is 2.31. The molecular weight excluding hydrogens is 267 g/mol. The molecule has 1 atom stereocenters. The van der Waals surface area contributed by atoms with Crippen LogP contribution in [-0.4, -0.2) is 10.1 Å². The molecule has 0 amide bonds. The number of aliphatic hydroxyl groups excluding tert-OH is 1. The summed E-state index contributed by atoms with van der Waals surface area (Å²) >= 11 is 0. The molecule has 1 aliphatic carbocycles. The SMILES string of the molecule is OC1C=C(c2ccc(C(F)(F)F)cn2)c2ccccc21. The van der Waals surface area contributed by atoms with Gasteiger partial charge in [0.2, 0.25) is 0 Å². The van der Waals surface area contributed by atoms with Gasteiger partial charge in [0.25, 0.3) is 0 Å². The van der Waals surface area contributed by atoms with Crippen molar-refractivity contribution in [3.63, 3.8) is 0 Å². The van der Waals surface area contributed by atoms with Crippen LogP contribution in [0.2, 0.25) is 0 Å². The van der Waals surface area contributed by atoms with Crippen molar-refractivity contribution in [1.29, 1.82) is 0 Å². The fraction of sp³-hybridized carbons (Fsp3) is 0.133. The van der Waals surface area contributed by atoms with Gasteiger partial charge in [-0.3, -0.25) is 4.98 Å². The lowest BCUT2D eigenvalue weighted by Gasteiger charge is -2.08. The molecule has 1 N–H and O–H groups in total. The van der Waals surface area contributed by atoms with E-state index >= 15 is 0 Å². The van der Waals surface area contributed by atoms with Gasteiger partial charge in [-0.1, -0.05) is 24.3 Å².